The van der Waals surface area contributed by atoms with E-state index in [4.69, 9.17) is 5.73 Å². The van der Waals surface area contributed by atoms with Crippen molar-refractivity contribution >= 4 is 17.6 Å². The Kier molecular flexibility index (Phi) is 4.09. The summed E-state index contributed by atoms with van der Waals surface area (Å²) in [5, 5.41) is 9.33. The molecule has 5 nitrogen and oxygen atoms in total. The second-order valence-corrected chi connectivity index (χ2v) is 5.63. The van der Waals surface area contributed by atoms with Gasteiger partial charge < -0.3 is 10.8 Å². The normalized spacial score (nSPS) is 19.0. The molecule has 0 radical (unpaired) electrons. The molecule has 108 valence electrons. The van der Waals surface area contributed by atoms with Gasteiger partial charge in [-0.3, -0.25) is 9.69 Å². The highest BCUT2D eigenvalue weighted by Gasteiger charge is 2.39. The maximum atomic E-state index is 12.5. The van der Waals surface area contributed by atoms with Crippen LogP contribution < -0.4 is 10.6 Å². The number of carboxylic acids is 1. The molecule has 20 heavy (non-hydrogen) atoms. The molecule has 0 bridgehead atoms. The number of amides is 1. The van der Waals surface area contributed by atoms with Gasteiger partial charge in [0.25, 0.3) is 0 Å². The smallest absolute Gasteiger partial charge is 0.327 e. The summed E-state index contributed by atoms with van der Waals surface area (Å²) in [5.74, 6) is -1.02. The van der Waals surface area contributed by atoms with Crippen LogP contribution in [0.4, 0.5) is 5.69 Å². The van der Waals surface area contributed by atoms with E-state index >= 15 is 0 Å². The largest absolute Gasteiger partial charge is 0.480 e. The van der Waals surface area contributed by atoms with E-state index in [9.17, 15) is 14.7 Å². The van der Waals surface area contributed by atoms with Gasteiger partial charge in [-0.1, -0.05) is 32.0 Å². The summed E-state index contributed by atoms with van der Waals surface area (Å²) in [7, 11) is 0. The molecule has 1 unspecified atom stereocenters. The Morgan fingerprint density at radius 2 is 2.05 bits per heavy atom. The predicted molar refractivity (Wildman–Crippen MR) is 76.5 cm³/mol. The van der Waals surface area contributed by atoms with E-state index in [1.165, 1.54) is 4.90 Å². The number of benzene rings is 1. The number of aliphatic carboxylic acids is 1. The molecule has 2 atom stereocenters. The number of carbonyl (C=O) groups is 2. The second kappa shape index (κ2) is 5.63. The number of hydrogen-bond acceptors (Lipinski definition) is 3. The van der Waals surface area contributed by atoms with E-state index in [-0.39, 0.29) is 11.8 Å². The van der Waals surface area contributed by atoms with Crippen LogP contribution in [0, 0.1) is 5.92 Å². The van der Waals surface area contributed by atoms with Crippen LogP contribution in [0.3, 0.4) is 0 Å². The Morgan fingerprint density at radius 1 is 1.40 bits per heavy atom. The Morgan fingerprint density at radius 3 is 2.65 bits per heavy atom. The second-order valence-electron chi connectivity index (χ2n) is 5.63. The SMILES string of the molecule is CC(C)C[C@@H](N)C(=O)N1c2ccccc2CC1C(=O)O. The molecule has 1 amide bonds. The highest BCUT2D eigenvalue weighted by molar-refractivity contribution is 6.04. The standard InChI is InChI=1S/C15H20N2O3/c1-9(2)7-11(16)14(18)17-12-6-4-3-5-10(12)8-13(17)15(19)20/h3-6,9,11,13H,7-8,16H2,1-2H3,(H,19,20)/t11-,13?/m1/s1. The molecule has 0 aromatic heterocycles. The topological polar surface area (TPSA) is 83.6 Å². The van der Waals surface area contributed by atoms with Crippen molar-refractivity contribution in [2.45, 2.75) is 38.8 Å². The number of nitrogens with zero attached hydrogens (tertiary/aromatic N) is 1. The van der Waals surface area contributed by atoms with Gasteiger partial charge in [0.15, 0.2) is 0 Å². The highest BCUT2D eigenvalue weighted by Crippen LogP contribution is 2.32. The number of rotatable bonds is 4. The van der Waals surface area contributed by atoms with Crippen LogP contribution in [0.5, 0.6) is 0 Å². The molecule has 0 spiro atoms. The van der Waals surface area contributed by atoms with E-state index in [1.54, 1.807) is 12.1 Å². The van der Waals surface area contributed by atoms with Crippen LogP contribution in [-0.4, -0.2) is 29.1 Å². The number of anilines is 1. The third-order valence-corrected chi connectivity index (χ3v) is 3.54. The van der Waals surface area contributed by atoms with Gasteiger partial charge in [0.1, 0.15) is 6.04 Å². The van der Waals surface area contributed by atoms with Gasteiger partial charge in [0, 0.05) is 12.1 Å². The number of carbonyl (C=O) groups excluding carboxylic acids is 1. The lowest BCUT2D eigenvalue weighted by Crippen LogP contribution is -2.50. The Hall–Kier alpha value is -1.88. The van der Waals surface area contributed by atoms with Crippen molar-refractivity contribution in [3.8, 4) is 0 Å². The third-order valence-electron chi connectivity index (χ3n) is 3.54. The van der Waals surface area contributed by atoms with Crippen molar-refractivity contribution in [3.63, 3.8) is 0 Å². The quantitative estimate of drug-likeness (QED) is 0.870. The summed E-state index contributed by atoms with van der Waals surface area (Å²) in [6.45, 7) is 3.97. The maximum Gasteiger partial charge on any atom is 0.327 e. The third kappa shape index (κ3) is 2.67. The van der Waals surface area contributed by atoms with Gasteiger partial charge in [0.2, 0.25) is 5.91 Å². The molecular formula is C15H20N2O3. The average Bonchev–Trinajstić information content (AvgIpc) is 2.76. The fourth-order valence-electron chi connectivity index (χ4n) is 2.64. The lowest BCUT2D eigenvalue weighted by molar-refractivity contribution is -0.140. The van der Waals surface area contributed by atoms with Crippen LogP contribution in [0.1, 0.15) is 25.8 Å². The number of carboxylic acid groups (broad SMARTS) is 1. The van der Waals surface area contributed by atoms with Gasteiger partial charge in [0.05, 0.1) is 6.04 Å². The summed E-state index contributed by atoms with van der Waals surface area (Å²) in [4.78, 5) is 25.2. The Bertz CT molecular complexity index is 528. The van der Waals surface area contributed by atoms with Gasteiger partial charge in [-0.2, -0.15) is 0 Å². The van der Waals surface area contributed by atoms with Gasteiger partial charge in [-0.05, 0) is 24.0 Å². The summed E-state index contributed by atoms with van der Waals surface area (Å²) in [5.41, 5.74) is 7.48. The first-order valence-electron chi connectivity index (χ1n) is 6.81. The zero-order valence-corrected chi connectivity index (χ0v) is 11.7. The van der Waals surface area contributed by atoms with E-state index in [1.807, 2.05) is 26.0 Å². The zero-order chi connectivity index (χ0) is 14.9. The first-order valence-corrected chi connectivity index (χ1v) is 6.81. The Labute approximate surface area is 118 Å². The van der Waals surface area contributed by atoms with Gasteiger partial charge >= 0.3 is 5.97 Å². The molecular weight excluding hydrogens is 256 g/mol. The molecule has 0 fully saturated rings. The fraction of sp³-hybridized carbons (Fsp3) is 0.467. The monoisotopic (exact) mass is 276 g/mol. The van der Waals surface area contributed by atoms with Crippen molar-refractivity contribution in [1.82, 2.24) is 0 Å². The highest BCUT2D eigenvalue weighted by atomic mass is 16.4. The molecule has 0 aliphatic carbocycles. The van der Waals surface area contributed by atoms with E-state index < -0.39 is 18.1 Å². The summed E-state index contributed by atoms with van der Waals surface area (Å²) in [6.07, 6.45) is 0.884. The first-order chi connectivity index (χ1) is 9.41. The number of fused-ring (bicyclic) bond motifs is 1. The average molecular weight is 276 g/mol. The zero-order valence-electron chi connectivity index (χ0n) is 11.7. The molecule has 0 saturated heterocycles. The summed E-state index contributed by atoms with van der Waals surface area (Å²) < 4.78 is 0. The van der Waals surface area contributed by atoms with E-state index in [0.717, 1.165) is 5.56 Å². The van der Waals surface area contributed by atoms with E-state index in [2.05, 4.69) is 0 Å². The Balaban J connectivity index is 2.31. The molecule has 2 rings (SSSR count). The molecule has 1 aliphatic heterocycles. The molecule has 0 saturated carbocycles. The molecule has 5 heteroatoms. The van der Waals surface area contributed by atoms with Crippen LogP contribution in [-0.2, 0) is 16.0 Å². The van der Waals surface area contributed by atoms with Crippen molar-refractivity contribution in [3.05, 3.63) is 29.8 Å². The number of para-hydroxylation sites is 1. The minimum atomic E-state index is -0.994. The molecule has 3 N–H and O–H groups in total. The minimum Gasteiger partial charge on any atom is -0.480 e. The molecule has 1 aromatic rings. The fourth-order valence-corrected chi connectivity index (χ4v) is 2.64. The number of hydrogen-bond donors (Lipinski definition) is 2. The molecule has 1 heterocycles. The van der Waals surface area contributed by atoms with Crippen LogP contribution >= 0.6 is 0 Å². The maximum absolute atomic E-state index is 12.5. The van der Waals surface area contributed by atoms with Gasteiger partial charge in [-0.15, -0.1) is 0 Å². The van der Waals surface area contributed by atoms with Gasteiger partial charge in [-0.25, -0.2) is 4.79 Å². The van der Waals surface area contributed by atoms with Crippen LogP contribution in [0.15, 0.2) is 24.3 Å². The van der Waals surface area contributed by atoms with Crippen molar-refractivity contribution in [2.75, 3.05) is 4.90 Å². The lowest BCUT2D eigenvalue weighted by atomic mass is 10.0. The predicted octanol–water partition coefficient (Wildman–Crippen LogP) is 1.40. The van der Waals surface area contributed by atoms with Crippen LogP contribution in [0.25, 0.3) is 0 Å². The summed E-state index contributed by atoms with van der Waals surface area (Å²) in [6, 6.07) is 5.77. The lowest BCUT2D eigenvalue weighted by Gasteiger charge is -2.26. The summed E-state index contributed by atoms with van der Waals surface area (Å²) >= 11 is 0. The van der Waals surface area contributed by atoms with Crippen molar-refractivity contribution < 1.29 is 14.7 Å². The van der Waals surface area contributed by atoms with Crippen molar-refractivity contribution in [1.29, 1.82) is 0 Å². The molecule has 1 aromatic carbocycles. The van der Waals surface area contributed by atoms with Crippen molar-refractivity contribution in [2.24, 2.45) is 11.7 Å². The number of nitrogens with two attached hydrogens (primary N) is 1. The molecule has 1 aliphatic rings. The first kappa shape index (κ1) is 14.5. The van der Waals surface area contributed by atoms with E-state index in [0.29, 0.717) is 18.5 Å². The minimum absolute atomic E-state index is 0.287. The van der Waals surface area contributed by atoms with Crippen LogP contribution in [0.2, 0.25) is 0 Å².